The third-order valence-electron chi connectivity index (χ3n) is 3.25. The smallest absolute Gasteiger partial charge is 0.276 e. The van der Waals surface area contributed by atoms with E-state index in [0.717, 1.165) is 25.9 Å². The Morgan fingerprint density at radius 1 is 1.53 bits per heavy atom. The van der Waals surface area contributed by atoms with Crippen LogP contribution in [0.3, 0.4) is 0 Å². The van der Waals surface area contributed by atoms with Gasteiger partial charge < -0.3 is 15.1 Å². The topological polar surface area (TPSA) is 107 Å². The number of anilines is 2. The number of hydrazine groups is 1. The van der Waals surface area contributed by atoms with Gasteiger partial charge in [-0.25, -0.2) is 10.8 Å². The van der Waals surface area contributed by atoms with Crippen LogP contribution in [0.25, 0.3) is 0 Å². The average Bonchev–Trinajstić information content (AvgIpc) is 2.46. The third kappa shape index (κ3) is 3.09. The van der Waals surface area contributed by atoms with Crippen molar-refractivity contribution in [1.29, 1.82) is 0 Å². The molecule has 1 saturated heterocycles. The summed E-state index contributed by atoms with van der Waals surface area (Å²) in [6.45, 7) is 1.52. The second kappa shape index (κ2) is 5.81. The van der Waals surface area contributed by atoms with Crippen molar-refractivity contribution in [3.63, 3.8) is 0 Å². The van der Waals surface area contributed by atoms with Crippen LogP contribution in [0.4, 0.5) is 17.3 Å². The Hall–Kier alpha value is -1.93. The number of piperidine rings is 1. The van der Waals surface area contributed by atoms with Crippen LogP contribution in [0.1, 0.15) is 12.8 Å². The van der Waals surface area contributed by atoms with Crippen LogP contribution in [0, 0.1) is 10.1 Å². The van der Waals surface area contributed by atoms with E-state index in [2.05, 4.69) is 10.4 Å². The molecular weight excluding hydrogens is 250 g/mol. The first-order valence-electron chi connectivity index (χ1n) is 6.05. The van der Waals surface area contributed by atoms with Gasteiger partial charge >= 0.3 is 0 Å². The zero-order valence-electron chi connectivity index (χ0n) is 10.7. The highest BCUT2D eigenvalue weighted by Gasteiger charge is 2.22. The molecule has 0 unspecified atom stereocenters. The maximum atomic E-state index is 10.9. The van der Waals surface area contributed by atoms with Gasteiger partial charge in [-0.3, -0.25) is 10.1 Å². The normalized spacial score (nSPS) is 16.4. The molecule has 1 aromatic rings. The summed E-state index contributed by atoms with van der Waals surface area (Å²) >= 11 is 0. The maximum Gasteiger partial charge on any atom is 0.276 e. The van der Waals surface area contributed by atoms with Gasteiger partial charge in [0.25, 0.3) is 5.69 Å². The zero-order chi connectivity index (χ0) is 13.8. The predicted molar refractivity (Wildman–Crippen MR) is 70.9 cm³/mol. The van der Waals surface area contributed by atoms with Gasteiger partial charge in [-0.05, 0) is 12.8 Å². The molecule has 0 atom stereocenters. The Kier molecular flexibility index (Phi) is 4.13. The molecule has 0 aromatic carbocycles. The summed E-state index contributed by atoms with van der Waals surface area (Å²) in [5, 5.41) is 10.9. The fourth-order valence-electron chi connectivity index (χ4n) is 2.16. The lowest BCUT2D eigenvalue weighted by atomic mass is 10.1. The van der Waals surface area contributed by atoms with E-state index >= 15 is 0 Å². The summed E-state index contributed by atoms with van der Waals surface area (Å²) in [5.74, 6) is 6.14. The highest BCUT2D eigenvalue weighted by atomic mass is 16.6. The summed E-state index contributed by atoms with van der Waals surface area (Å²) in [6.07, 6.45) is 2.01. The number of hydrogen-bond donors (Lipinski definition) is 2. The number of hydrogen-bond acceptors (Lipinski definition) is 7. The minimum Gasteiger partial charge on any atom is -0.381 e. The van der Waals surface area contributed by atoms with Gasteiger partial charge in [0.1, 0.15) is 11.6 Å². The Morgan fingerprint density at radius 3 is 2.74 bits per heavy atom. The quantitative estimate of drug-likeness (QED) is 0.474. The minimum atomic E-state index is -0.450. The fourth-order valence-corrected chi connectivity index (χ4v) is 2.16. The minimum absolute atomic E-state index is 0.0215. The summed E-state index contributed by atoms with van der Waals surface area (Å²) in [6, 6.07) is 2.78. The van der Waals surface area contributed by atoms with Crippen molar-refractivity contribution in [3.05, 3.63) is 22.2 Å². The number of nitro groups is 1. The molecular formula is C11H17N5O3. The van der Waals surface area contributed by atoms with Gasteiger partial charge in [0, 0.05) is 20.2 Å². The van der Waals surface area contributed by atoms with Gasteiger partial charge in [-0.1, -0.05) is 0 Å². The molecule has 8 heteroatoms. The number of methoxy groups -OCH3 is 1. The Labute approximate surface area is 110 Å². The molecule has 1 fully saturated rings. The van der Waals surface area contributed by atoms with E-state index in [-0.39, 0.29) is 17.6 Å². The molecule has 0 spiro atoms. The monoisotopic (exact) mass is 267 g/mol. The van der Waals surface area contributed by atoms with Gasteiger partial charge in [-0.2, -0.15) is 0 Å². The molecule has 0 saturated carbocycles. The van der Waals surface area contributed by atoms with Gasteiger partial charge in [0.15, 0.2) is 0 Å². The first-order chi connectivity index (χ1) is 9.13. The molecule has 1 aliphatic heterocycles. The average molecular weight is 267 g/mol. The van der Waals surface area contributed by atoms with Crippen LogP contribution >= 0.6 is 0 Å². The molecule has 19 heavy (non-hydrogen) atoms. The van der Waals surface area contributed by atoms with Crippen LogP contribution in [0.5, 0.6) is 0 Å². The molecule has 8 nitrogen and oxygen atoms in total. The van der Waals surface area contributed by atoms with E-state index in [9.17, 15) is 10.1 Å². The van der Waals surface area contributed by atoms with E-state index in [1.807, 2.05) is 4.90 Å². The zero-order valence-corrected chi connectivity index (χ0v) is 10.7. The summed E-state index contributed by atoms with van der Waals surface area (Å²) in [7, 11) is 1.70. The Bertz CT molecular complexity index is 460. The number of rotatable bonds is 4. The molecule has 104 valence electrons. The Morgan fingerprint density at radius 2 is 2.21 bits per heavy atom. The van der Waals surface area contributed by atoms with E-state index < -0.39 is 4.92 Å². The molecule has 2 rings (SSSR count). The van der Waals surface area contributed by atoms with Gasteiger partial charge in [0.05, 0.1) is 23.2 Å². The molecule has 0 bridgehead atoms. The summed E-state index contributed by atoms with van der Waals surface area (Å²) in [5.41, 5.74) is 2.33. The summed E-state index contributed by atoms with van der Waals surface area (Å²) in [4.78, 5) is 16.7. The van der Waals surface area contributed by atoms with Crippen molar-refractivity contribution in [1.82, 2.24) is 4.98 Å². The van der Waals surface area contributed by atoms with E-state index in [0.29, 0.717) is 5.82 Å². The number of ether oxygens (including phenoxy) is 1. The number of nitrogens with zero attached hydrogens (tertiary/aromatic N) is 3. The van der Waals surface area contributed by atoms with Crippen molar-refractivity contribution in [2.75, 3.05) is 30.5 Å². The molecule has 0 aliphatic carbocycles. The fraction of sp³-hybridized carbons (Fsp3) is 0.545. The lowest BCUT2D eigenvalue weighted by Crippen LogP contribution is -2.37. The first kappa shape index (κ1) is 13.5. The van der Waals surface area contributed by atoms with Crippen LogP contribution < -0.4 is 16.2 Å². The van der Waals surface area contributed by atoms with E-state index in [4.69, 9.17) is 10.6 Å². The number of nitrogens with two attached hydrogens (primary N) is 1. The lowest BCUT2D eigenvalue weighted by Gasteiger charge is -2.32. The number of pyridine rings is 1. The Balaban J connectivity index is 2.20. The van der Waals surface area contributed by atoms with Crippen LogP contribution in [0.15, 0.2) is 12.1 Å². The van der Waals surface area contributed by atoms with Crippen molar-refractivity contribution in [2.24, 2.45) is 5.84 Å². The number of aromatic nitrogens is 1. The maximum absolute atomic E-state index is 10.9. The van der Waals surface area contributed by atoms with Crippen LogP contribution in [-0.2, 0) is 4.74 Å². The molecule has 3 N–H and O–H groups in total. The highest BCUT2D eigenvalue weighted by Crippen LogP contribution is 2.25. The molecule has 0 amide bonds. The van der Waals surface area contributed by atoms with Crippen LogP contribution in [-0.4, -0.2) is 36.2 Å². The highest BCUT2D eigenvalue weighted by molar-refractivity contribution is 5.55. The van der Waals surface area contributed by atoms with Crippen molar-refractivity contribution < 1.29 is 9.66 Å². The number of nitrogen functional groups attached to an aromatic ring is 1. The number of nitrogens with one attached hydrogen (secondary N) is 1. The lowest BCUT2D eigenvalue weighted by molar-refractivity contribution is -0.384. The molecule has 1 aromatic heterocycles. The van der Waals surface area contributed by atoms with Gasteiger partial charge in [-0.15, -0.1) is 0 Å². The van der Waals surface area contributed by atoms with E-state index in [1.54, 1.807) is 7.11 Å². The standard InChI is InChI=1S/C11H17N5O3/c1-19-9-2-4-15(5-3-9)11-7-8(16(17)18)6-10(13-11)14-12/h6-7,9H,2-5,12H2,1H3,(H,13,14). The van der Waals surface area contributed by atoms with Crippen molar-refractivity contribution in [3.8, 4) is 0 Å². The second-order valence-corrected chi connectivity index (χ2v) is 4.39. The third-order valence-corrected chi connectivity index (χ3v) is 3.25. The SMILES string of the molecule is COC1CCN(c2cc([N+](=O)[O-])cc(NN)n2)CC1. The van der Waals surface area contributed by atoms with Gasteiger partial charge in [0.2, 0.25) is 0 Å². The molecule has 1 aliphatic rings. The van der Waals surface area contributed by atoms with Crippen molar-refractivity contribution in [2.45, 2.75) is 18.9 Å². The molecule has 0 radical (unpaired) electrons. The second-order valence-electron chi connectivity index (χ2n) is 4.39. The van der Waals surface area contributed by atoms with Crippen LogP contribution in [0.2, 0.25) is 0 Å². The predicted octanol–water partition coefficient (Wildman–Crippen LogP) is 0.891. The summed E-state index contributed by atoms with van der Waals surface area (Å²) < 4.78 is 5.29. The first-order valence-corrected chi connectivity index (χ1v) is 6.05. The largest absolute Gasteiger partial charge is 0.381 e. The van der Waals surface area contributed by atoms with Crippen molar-refractivity contribution >= 4 is 17.3 Å². The molecule has 2 heterocycles. The van der Waals surface area contributed by atoms with E-state index in [1.165, 1.54) is 12.1 Å².